The maximum absolute atomic E-state index is 13.3. The summed E-state index contributed by atoms with van der Waals surface area (Å²) in [6.07, 6.45) is 2.92. The Labute approximate surface area is 168 Å². The van der Waals surface area contributed by atoms with Crippen LogP contribution in [0.25, 0.3) is 0 Å². The molecule has 1 amide bonds. The Kier molecular flexibility index (Phi) is 6.26. The summed E-state index contributed by atoms with van der Waals surface area (Å²) in [6, 6.07) is 12.1. The number of methoxy groups -OCH3 is 1. The summed E-state index contributed by atoms with van der Waals surface area (Å²) in [6.45, 7) is -0.454. The van der Waals surface area contributed by atoms with Crippen LogP contribution in [0.15, 0.2) is 48.5 Å². The van der Waals surface area contributed by atoms with E-state index in [1.807, 2.05) is 0 Å². The van der Waals surface area contributed by atoms with Gasteiger partial charge in [0.15, 0.2) is 6.61 Å². The number of anilines is 1. The summed E-state index contributed by atoms with van der Waals surface area (Å²) in [5.74, 6) is -1.90. The zero-order chi connectivity index (χ0) is 20.9. The summed E-state index contributed by atoms with van der Waals surface area (Å²) in [7, 11) is 1.27. The van der Waals surface area contributed by atoms with Crippen LogP contribution in [0.5, 0.6) is 0 Å². The molecule has 1 saturated carbocycles. The number of esters is 2. The molecule has 0 aromatic heterocycles. The van der Waals surface area contributed by atoms with E-state index in [9.17, 15) is 18.8 Å². The number of carbonyl (C=O) groups is 3. The molecule has 0 radical (unpaired) electrons. The Morgan fingerprint density at radius 1 is 1.07 bits per heavy atom. The van der Waals surface area contributed by atoms with E-state index < -0.39 is 29.9 Å². The third-order valence-corrected chi connectivity index (χ3v) is 5.15. The highest BCUT2D eigenvalue weighted by Crippen LogP contribution is 2.42. The molecule has 29 heavy (non-hydrogen) atoms. The van der Waals surface area contributed by atoms with Gasteiger partial charge in [-0.25, -0.2) is 9.18 Å². The molecule has 0 spiro atoms. The van der Waals surface area contributed by atoms with Crippen LogP contribution in [0.1, 0.15) is 41.6 Å². The number of benzene rings is 2. The maximum Gasteiger partial charge on any atom is 0.337 e. The SMILES string of the molecule is COC(=O)c1cccc(NC(=O)COC(=O)C2(c3ccc(F)cc3)CCCC2)c1. The lowest BCUT2D eigenvalue weighted by Gasteiger charge is -2.27. The number of hydrogen-bond donors (Lipinski definition) is 1. The van der Waals surface area contributed by atoms with Crippen molar-refractivity contribution >= 4 is 23.5 Å². The molecule has 1 aliphatic rings. The minimum atomic E-state index is -0.848. The smallest absolute Gasteiger partial charge is 0.337 e. The molecule has 1 fully saturated rings. The Hall–Kier alpha value is -3.22. The first-order chi connectivity index (χ1) is 13.9. The number of carbonyl (C=O) groups excluding carboxylic acids is 3. The van der Waals surface area contributed by atoms with Crippen molar-refractivity contribution in [1.82, 2.24) is 0 Å². The lowest BCUT2D eigenvalue weighted by Crippen LogP contribution is -2.36. The summed E-state index contributed by atoms with van der Waals surface area (Å²) < 4.78 is 23.2. The molecule has 0 bridgehead atoms. The second-order valence-electron chi connectivity index (χ2n) is 6.99. The second-order valence-corrected chi connectivity index (χ2v) is 6.99. The van der Waals surface area contributed by atoms with Crippen LogP contribution in [0.2, 0.25) is 0 Å². The number of hydrogen-bond acceptors (Lipinski definition) is 5. The molecular formula is C22H22FNO5. The highest BCUT2D eigenvalue weighted by Gasteiger charge is 2.44. The van der Waals surface area contributed by atoms with Crippen LogP contribution in [0, 0.1) is 5.82 Å². The van der Waals surface area contributed by atoms with Crippen molar-refractivity contribution < 1.29 is 28.2 Å². The summed E-state index contributed by atoms with van der Waals surface area (Å²) in [5, 5.41) is 2.59. The number of amides is 1. The van der Waals surface area contributed by atoms with E-state index in [0.29, 0.717) is 29.7 Å². The van der Waals surface area contributed by atoms with Crippen LogP contribution < -0.4 is 5.32 Å². The molecule has 7 heteroatoms. The zero-order valence-electron chi connectivity index (χ0n) is 16.1. The van der Waals surface area contributed by atoms with Gasteiger partial charge in [-0.2, -0.15) is 0 Å². The Balaban J connectivity index is 1.64. The highest BCUT2D eigenvalue weighted by molar-refractivity contribution is 5.96. The number of halogens is 1. The van der Waals surface area contributed by atoms with E-state index in [4.69, 9.17) is 4.74 Å². The van der Waals surface area contributed by atoms with Gasteiger partial charge in [0.2, 0.25) is 0 Å². The Morgan fingerprint density at radius 3 is 2.41 bits per heavy atom. The highest BCUT2D eigenvalue weighted by atomic mass is 19.1. The fourth-order valence-corrected chi connectivity index (χ4v) is 3.67. The standard InChI is InChI=1S/C22H22FNO5/c1-28-20(26)15-5-4-6-18(13-15)24-19(25)14-29-21(27)22(11-2-3-12-22)16-7-9-17(23)10-8-16/h4-10,13H,2-3,11-12,14H2,1H3,(H,24,25). The fraction of sp³-hybridized carbons (Fsp3) is 0.318. The van der Waals surface area contributed by atoms with E-state index in [-0.39, 0.29) is 5.82 Å². The summed E-state index contributed by atoms with van der Waals surface area (Å²) in [4.78, 5) is 36.6. The van der Waals surface area contributed by atoms with Gasteiger partial charge in [-0.05, 0) is 48.7 Å². The van der Waals surface area contributed by atoms with Crippen molar-refractivity contribution in [3.8, 4) is 0 Å². The van der Waals surface area contributed by atoms with E-state index in [0.717, 1.165) is 12.8 Å². The van der Waals surface area contributed by atoms with E-state index in [2.05, 4.69) is 10.1 Å². The third-order valence-electron chi connectivity index (χ3n) is 5.15. The van der Waals surface area contributed by atoms with E-state index in [1.165, 1.54) is 25.3 Å². The molecule has 2 aromatic rings. The molecule has 0 unspecified atom stereocenters. The fourth-order valence-electron chi connectivity index (χ4n) is 3.67. The van der Waals surface area contributed by atoms with Gasteiger partial charge in [-0.3, -0.25) is 9.59 Å². The molecule has 152 valence electrons. The van der Waals surface area contributed by atoms with Crippen LogP contribution >= 0.6 is 0 Å². The van der Waals surface area contributed by atoms with Crippen molar-refractivity contribution in [3.05, 3.63) is 65.5 Å². The van der Waals surface area contributed by atoms with Crippen LogP contribution in [0.3, 0.4) is 0 Å². The molecule has 0 atom stereocenters. The molecule has 0 saturated heterocycles. The van der Waals surface area contributed by atoms with Crippen molar-refractivity contribution in [2.45, 2.75) is 31.1 Å². The first-order valence-electron chi connectivity index (χ1n) is 9.36. The maximum atomic E-state index is 13.3. The quantitative estimate of drug-likeness (QED) is 0.751. The molecular weight excluding hydrogens is 377 g/mol. The predicted molar refractivity (Wildman–Crippen MR) is 104 cm³/mol. The van der Waals surface area contributed by atoms with Gasteiger partial charge in [0, 0.05) is 5.69 Å². The number of ether oxygens (including phenoxy) is 2. The minimum absolute atomic E-state index is 0.295. The van der Waals surface area contributed by atoms with Gasteiger partial charge in [0.25, 0.3) is 5.91 Å². The van der Waals surface area contributed by atoms with Crippen molar-refractivity contribution in [3.63, 3.8) is 0 Å². The van der Waals surface area contributed by atoms with Crippen LogP contribution in [-0.4, -0.2) is 31.6 Å². The predicted octanol–water partition coefficient (Wildman–Crippen LogP) is 3.61. The molecule has 1 N–H and O–H groups in total. The topological polar surface area (TPSA) is 81.7 Å². The van der Waals surface area contributed by atoms with Crippen molar-refractivity contribution in [2.75, 3.05) is 19.0 Å². The third kappa shape index (κ3) is 4.62. The lowest BCUT2D eigenvalue weighted by molar-refractivity contribution is -0.153. The van der Waals surface area contributed by atoms with Crippen molar-refractivity contribution in [2.24, 2.45) is 0 Å². The first kappa shape index (κ1) is 20.5. The first-order valence-corrected chi connectivity index (χ1v) is 9.36. The Bertz CT molecular complexity index is 904. The van der Waals surface area contributed by atoms with Crippen molar-refractivity contribution in [1.29, 1.82) is 0 Å². The molecule has 2 aromatic carbocycles. The van der Waals surface area contributed by atoms with Gasteiger partial charge in [0.05, 0.1) is 18.1 Å². The number of nitrogens with one attached hydrogen (secondary N) is 1. The monoisotopic (exact) mass is 399 g/mol. The van der Waals surface area contributed by atoms with Gasteiger partial charge in [-0.1, -0.05) is 31.0 Å². The van der Waals surface area contributed by atoms with Gasteiger partial charge < -0.3 is 14.8 Å². The average molecular weight is 399 g/mol. The minimum Gasteiger partial charge on any atom is -0.465 e. The summed E-state index contributed by atoms with van der Waals surface area (Å²) in [5.41, 5.74) is 0.540. The van der Waals surface area contributed by atoms with Crippen LogP contribution in [-0.2, 0) is 24.5 Å². The second kappa shape index (κ2) is 8.86. The molecule has 0 heterocycles. The largest absolute Gasteiger partial charge is 0.465 e. The normalized spacial score (nSPS) is 14.8. The molecule has 0 aliphatic heterocycles. The van der Waals surface area contributed by atoms with E-state index in [1.54, 1.807) is 30.3 Å². The summed E-state index contributed by atoms with van der Waals surface area (Å²) >= 11 is 0. The zero-order valence-corrected chi connectivity index (χ0v) is 16.1. The van der Waals surface area contributed by atoms with Gasteiger partial charge >= 0.3 is 11.9 Å². The van der Waals surface area contributed by atoms with Crippen LogP contribution in [0.4, 0.5) is 10.1 Å². The van der Waals surface area contributed by atoms with Gasteiger partial charge in [-0.15, -0.1) is 0 Å². The average Bonchev–Trinajstić information content (AvgIpc) is 3.23. The van der Waals surface area contributed by atoms with Gasteiger partial charge in [0.1, 0.15) is 5.82 Å². The Morgan fingerprint density at radius 2 is 1.76 bits per heavy atom. The van der Waals surface area contributed by atoms with E-state index >= 15 is 0 Å². The molecule has 6 nitrogen and oxygen atoms in total. The lowest BCUT2D eigenvalue weighted by atomic mass is 9.79. The molecule has 1 aliphatic carbocycles. The molecule has 3 rings (SSSR count). The number of rotatable bonds is 6.